The Bertz CT molecular complexity index is 413. The van der Waals surface area contributed by atoms with Gasteiger partial charge in [0.25, 0.3) is 0 Å². The van der Waals surface area contributed by atoms with Crippen molar-refractivity contribution in [1.82, 2.24) is 0 Å². The second-order valence-electron chi connectivity index (χ2n) is 5.41. The Labute approximate surface area is 115 Å². The minimum Gasteiger partial charge on any atom is -0.466 e. The van der Waals surface area contributed by atoms with E-state index in [4.69, 9.17) is 10.5 Å². The van der Waals surface area contributed by atoms with E-state index in [1.807, 2.05) is 19.1 Å². The predicted octanol–water partition coefficient (Wildman–Crippen LogP) is 3.50. The number of esters is 1. The molecule has 0 aliphatic heterocycles. The number of carbonyl (C=O) groups excluding carboxylic acids is 1. The second-order valence-corrected chi connectivity index (χ2v) is 5.41. The summed E-state index contributed by atoms with van der Waals surface area (Å²) in [6, 6.07) is 8.16. The fourth-order valence-corrected chi connectivity index (χ4v) is 3.00. The number of hydrogen-bond acceptors (Lipinski definition) is 3. The highest BCUT2D eigenvalue weighted by Crippen LogP contribution is 2.37. The van der Waals surface area contributed by atoms with E-state index in [1.54, 1.807) is 0 Å². The van der Waals surface area contributed by atoms with E-state index < -0.39 is 0 Å². The zero-order valence-electron chi connectivity index (χ0n) is 11.6. The number of rotatable bonds is 4. The van der Waals surface area contributed by atoms with Crippen LogP contribution >= 0.6 is 0 Å². The zero-order valence-corrected chi connectivity index (χ0v) is 11.6. The van der Waals surface area contributed by atoms with Crippen LogP contribution in [0, 0.1) is 5.92 Å². The van der Waals surface area contributed by atoms with Crippen LogP contribution in [0.5, 0.6) is 0 Å². The summed E-state index contributed by atoms with van der Waals surface area (Å²) < 4.78 is 5.05. The molecule has 0 saturated heterocycles. The fourth-order valence-electron chi connectivity index (χ4n) is 3.00. The molecule has 0 radical (unpaired) electrons. The van der Waals surface area contributed by atoms with Crippen molar-refractivity contribution in [1.29, 1.82) is 0 Å². The van der Waals surface area contributed by atoms with Crippen LogP contribution in [0.25, 0.3) is 0 Å². The third-order valence-electron chi connectivity index (χ3n) is 3.95. The summed E-state index contributed by atoms with van der Waals surface area (Å²) in [6.07, 6.45) is 5.20. The Morgan fingerprint density at radius 3 is 2.74 bits per heavy atom. The van der Waals surface area contributed by atoms with Crippen LogP contribution in [0.2, 0.25) is 0 Å². The maximum atomic E-state index is 11.6. The summed E-state index contributed by atoms with van der Waals surface area (Å²) >= 11 is 0. The van der Waals surface area contributed by atoms with Crippen LogP contribution in [-0.4, -0.2) is 12.6 Å². The molecule has 1 aromatic carbocycles. The summed E-state index contributed by atoms with van der Waals surface area (Å²) in [5, 5.41) is 0. The van der Waals surface area contributed by atoms with Crippen LogP contribution < -0.4 is 5.73 Å². The third kappa shape index (κ3) is 3.98. The van der Waals surface area contributed by atoms with E-state index in [0.717, 1.165) is 18.5 Å². The smallest absolute Gasteiger partial charge is 0.306 e. The Hall–Kier alpha value is -1.51. The molecule has 1 aliphatic carbocycles. The first-order valence-corrected chi connectivity index (χ1v) is 7.20. The summed E-state index contributed by atoms with van der Waals surface area (Å²) in [5.74, 6) is 0.981. The van der Waals surface area contributed by atoms with Gasteiger partial charge in [0.05, 0.1) is 6.61 Å². The molecule has 0 heterocycles. The van der Waals surface area contributed by atoms with Crippen molar-refractivity contribution in [2.24, 2.45) is 5.92 Å². The monoisotopic (exact) mass is 261 g/mol. The SMILES string of the molecule is CCOC(=O)C[C@@H]1CCC[C@@H](c2ccc(N)cc2)C1. The molecule has 19 heavy (non-hydrogen) atoms. The summed E-state index contributed by atoms with van der Waals surface area (Å²) in [6.45, 7) is 2.34. The van der Waals surface area contributed by atoms with E-state index >= 15 is 0 Å². The molecule has 0 aromatic heterocycles. The molecule has 2 rings (SSSR count). The van der Waals surface area contributed by atoms with Crippen LogP contribution in [0.1, 0.15) is 50.5 Å². The maximum Gasteiger partial charge on any atom is 0.306 e. The molecule has 1 aromatic rings. The van der Waals surface area contributed by atoms with E-state index in [0.29, 0.717) is 24.9 Å². The Kier molecular flexibility index (Phi) is 4.83. The van der Waals surface area contributed by atoms with Gasteiger partial charge in [-0.3, -0.25) is 4.79 Å². The molecule has 3 nitrogen and oxygen atoms in total. The molecule has 1 saturated carbocycles. The highest BCUT2D eigenvalue weighted by Gasteiger charge is 2.25. The Balaban J connectivity index is 1.93. The molecule has 3 heteroatoms. The summed E-state index contributed by atoms with van der Waals surface area (Å²) in [7, 11) is 0. The van der Waals surface area contributed by atoms with Crippen molar-refractivity contribution in [3.63, 3.8) is 0 Å². The van der Waals surface area contributed by atoms with Crippen LogP contribution in [-0.2, 0) is 9.53 Å². The lowest BCUT2D eigenvalue weighted by Gasteiger charge is -2.29. The van der Waals surface area contributed by atoms with Gasteiger partial charge in [0.2, 0.25) is 0 Å². The van der Waals surface area contributed by atoms with Gasteiger partial charge in [-0.15, -0.1) is 0 Å². The van der Waals surface area contributed by atoms with Crippen LogP contribution in [0.3, 0.4) is 0 Å². The maximum absolute atomic E-state index is 11.6. The van der Waals surface area contributed by atoms with Gasteiger partial charge in [-0.1, -0.05) is 18.6 Å². The lowest BCUT2D eigenvalue weighted by Crippen LogP contribution is -2.18. The average molecular weight is 261 g/mol. The molecular formula is C16H23NO2. The summed E-state index contributed by atoms with van der Waals surface area (Å²) in [5.41, 5.74) is 7.88. The number of nitrogen functional groups attached to an aromatic ring is 1. The van der Waals surface area contributed by atoms with Gasteiger partial charge in [-0.05, 0) is 55.7 Å². The van der Waals surface area contributed by atoms with E-state index in [2.05, 4.69) is 12.1 Å². The first-order chi connectivity index (χ1) is 9.19. The number of hydrogen-bond donors (Lipinski definition) is 1. The van der Waals surface area contributed by atoms with E-state index in [1.165, 1.54) is 18.4 Å². The summed E-state index contributed by atoms with van der Waals surface area (Å²) in [4.78, 5) is 11.6. The minimum absolute atomic E-state index is 0.0505. The number of anilines is 1. The first-order valence-electron chi connectivity index (χ1n) is 7.20. The van der Waals surface area contributed by atoms with E-state index in [-0.39, 0.29) is 5.97 Å². The molecule has 2 N–H and O–H groups in total. The lowest BCUT2D eigenvalue weighted by atomic mass is 9.77. The molecule has 2 atom stereocenters. The van der Waals surface area contributed by atoms with Crippen molar-refractivity contribution in [3.8, 4) is 0 Å². The fraction of sp³-hybridized carbons (Fsp3) is 0.562. The van der Waals surface area contributed by atoms with Crippen molar-refractivity contribution >= 4 is 11.7 Å². The minimum atomic E-state index is -0.0505. The van der Waals surface area contributed by atoms with Crippen molar-refractivity contribution in [2.75, 3.05) is 12.3 Å². The molecular weight excluding hydrogens is 238 g/mol. The standard InChI is InChI=1S/C16H23NO2/c1-2-19-16(18)11-12-4-3-5-14(10-12)13-6-8-15(17)9-7-13/h6-9,12,14H,2-5,10-11,17H2,1H3/t12-,14-/m1/s1. The van der Waals surface area contributed by atoms with Gasteiger partial charge in [-0.2, -0.15) is 0 Å². The Morgan fingerprint density at radius 1 is 1.32 bits per heavy atom. The number of carbonyl (C=O) groups is 1. The molecule has 0 unspecified atom stereocenters. The molecule has 1 aliphatic rings. The normalized spacial score (nSPS) is 23.0. The first kappa shape index (κ1) is 13.9. The topological polar surface area (TPSA) is 52.3 Å². The molecule has 1 fully saturated rings. The quantitative estimate of drug-likeness (QED) is 0.666. The predicted molar refractivity (Wildman–Crippen MR) is 76.8 cm³/mol. The highest BCUT2D eigenvalue weighted by atomic mass is 16.5. The third-order valence-corrected chi connectivity index (χ3v) is 3.95. The van der Waals surface area contributed by atoms with Gasteiger partial charge >= 0.3 is 5.97 Å². The Morgan fingerprint density at radius 2 is 2.05 bits per heavy atom. The van der Waals surface area contributed by atoms with Crippen molar-refractivity contribution < 1.29 is 9.53 Å². The van der Waals surface area contributed by atoms with Gasteiger partial charge < -0.3 is 10.5 Å². The molecule has 0 amide bonds. The van der Waals surface area contributed by atoms with Gasteiger partial charge in [0, 0.05) is 12.1 Å². The molecule has 0 spiro atoms. The van der Waals surface area contributed by atoms with Gasteiger partial charge in [0.1, 0.15) is 0 Å². The zero-order chi connectivity index (χ0) is 13.7. The largest absolute Gasteiger partial charge is 0.466 e. The van der Waals surface area contributed by atoms with Gasteiger partial charge in [-0.25, -0.2) is 0 Å². The highest BCUT2D eigenvalue weighted by molar-refractivity contribution is 5.69. The second kappa shape index (κ2) is 6.60. The van der Waals surface area contributed by atoms with E-state index in [9.17, 15) is 4.79 Å². The van der Waals surface area contributed by atoms with Crippen molar-refractivity contribution in [2.45, 2.75) is 44.9 Å². The number of ether oxygens (including phenoxy) is 1. The number of nitrogens with two attached hydrogens (primary N) is 1. The number of benzene rings is 1. The van der Waals surface area contributed by atoms with Crippen LogP contribution in [0.4, 0.5) is 5.69 Å². The van der Waals surface area contributed by atoms with Crippen molar-refractivity contribution in [3.05, 3.63) is 29.8 Å². The van der Waals surface area contributed by atoms with Gasteiger partial charge in [0.15, 0.2) is 0 Å². The molecule has 104 valence electrons. The molecule has 0 bridgehead atoms. The lowest BCUT2D eigenvalue weighted by molar-refractivity contribution is -0.144. The van der Waals surface area contributed by atoms with Crippen LogP contribution in [0.15, 0.2) is 24.3 Å². The average Bonchev–Trinajstić information content (AvgIpc) is 2.40.